The lowest BCUT2D eigenvalue weighted by Crippen LogP contribution is -2.32. The second kappa shape index (κ2) is 8.37. The maximum Gasteiger partial charge on any atom is 0.290 e. The van der Waals surface area contributed by atoms with E-state index in [1.54, 1.807) is 18.1 Å². The van der Waals surface area contributed by atoms with Gasteiger partial charge in [0.25, 0.3) is 5.91 Å². The molecule has 1 atom stereocenters. The standard InChI is InChI=1S/C27H26N2O4/c1-28(2)14-7-15-29-23(18-9-6-10-19(16-18)32-3)22-24(30)21-13-12-17-8-4-5-11-20(17)25(21)33-26(22)27(29)31/h4-6,8-13,16,23H,7,14-15H2,1-3H3/t23-/m1/s1. The average Bonchev–Trinajstić information content (AvgIpc) is 3.11. The first-order chi connectivity index (χ1) is 16.0. The van der Waals surface area contributed by atoms with Crippen LogP contribution in [0.5, 0.6) is 5.75 Å². The van der Waals surface area contributed by atoms with Gasteiger partial charge in [0.2, 0.25) is 5.76 Å². The summed E-state index contributed by atoms with van der Waals surface area (Å²) in [5.41, 5.74) is 1.54. The third-order valence-corrected chi connectivity index (χ3v) is 6.27. The molecule has 0 aliphatic carbocycles. The largest absolute Gasteiger partial charge is 0.497 e. The Labute approximate surface area is 192 Å². The van der Waals surface area contributed by atoms with Crippen LogP contribution in [0.3, 0.4) is 0 Å². The van der Waals surface area contributed by atoms with Crippen molar-refractivity contribution in [1.82, 2.24) is 9.80 Å². The van der Waals surface area contributed by atoms with Crippen molar-refractivity contribution < 1.29 is 13.9 Å². The van der Waals surface area contributed by atoms with Crippen LogP contribution in [0, 0.1) is 0 Å². The van der Waals surface area contributed by atoms with E-state index in [4.69, 9.17) is 9.15 Å². The van der Waals surface area contributed by atoms with Crippen LogP contribution in [0.4, 0.5) is 0 Å². The molecule has 6 heteroatoms. The number of hydrogen-bond acceptors (Lipinski definition) is 5. The van der Waals surface area contributed by atoms with Crippen molar-refractivity contribution in [3.63, 3.8) is 0 Å². The Morgan fingerprint density at radius 2 is 1.82 bits per heavy atom. The summed E-state index contributed by atoms with van der Waals surface area (Å²) >= 11 is 0. The third kappa shape index (κ3) is 3.56. The van der Waals surface area contributed by atoms with Crippen LogP contribution >= 0.6 is 0 Å². The minimum Gasteiger partial charge on any atom is -0.497 e. The van der Waals surface area contributed by atoms with Crippen molar-refractivity contribution in [2.75, 3.05) is 34.3 Å². The molecular weight excluding hydrogens is 416 g/mol. The maximum atomic E-state index is 13.8. The van der Waals surface area contributed by atoms with E-state index in [9.17, 15) is 9.59 Å². The first-order valence-corrected chi connectivity index (χ1v) is 11.1. The number of rotatable bonds is 6. The van der Waals surface area contributed by atoms with E-state index < -0.39 is 6.04 Å². The Morgan fingerprint density at radius 1 is 1.00 bits per heavy atom. The molecule has 1 aromatic heterocycles. The van der Waals surface area contributed by atoms with E-state index in [1.807, 2.05) is 68.7 Å². The van der Waals surface area contributed by atoms with Crippen LogP contribution in [0.1, 0.15) is 34.1 Å². The molecule has 1 amide bonds. The van der Waals surface area contributed by atoms with Crippen molar-refractivity contribution in [2.45, 2.75) is 12.5 Å². The van der Waals surface area contributed by atoms with Gasteiger partial charge in [0, 0.05) is 11.9 Å². The quantitative estimate of drug-likeness (QED) is 0.413. The molecule has 0 N–H and O–H groups in total. The highest BCUT2D eigenvalue weighted by molar-refractivity contribution is 6.06. The van der Waals surface area contributed by atoms with Crippen molar-refractivity contribution in [2.24, 2.45) is 0 Å². The zero-order valence-electron chi connectivity index (χ0n) is 19.0. The summed E-state index contributed by atoms with van der Waals surface area (Å²) in [5.74, 6) is 0.572. The van der Waals surface area contributed by atoms with Crippen molar-refractivity contribution in [3.05, 3.63) is 87.8 Å². The smallest absolute Gasteiger partial charge is 0.290 e. The third-order valence-electron chi connectivity index (χ3n) is 6.27. The number of carbonyl (C=O) groups excluding carboxylic acids is 1. The predicted octanol–water partition coefficient (Wildman–Crippen LogP) is 4.45. The fourth-order valence-corrected chi connectivity index (χ4v) is 4.69. The number of fused-ring (bicyclic) bond motifs is 4. The van der Waals surface area contributed by atoms with E-state index in [-0.39, 0.29) is 17.1 Å². The summed E-state index contributed by atoms with van der Waals surface area (Å²) in [6.45, 7) is 1.35. The summed E-state index contributed by atoms with van der Waals surface area (Å²) in [4.78, 5) is 31.2. The summed E-state index contributed by atoms with van der Waals surface area (Å²) in [6.07, 6.45) is 0.782. The lowest BCUT2D eigenvalue weighted by atomic mass is 9.97. The number of hydrogen-bond donors (Lipinski definition) is 0. The van der Waals surface area contributed by atoms with Gasteiger partial charge in [-0.15, -0.1) is 0 Å². The molecule has 5 rings (SSSR count). The molecule has 0 saturated heterocycles. The van der Waals surface area contributed by atoms with Crippen LogP contribution in [-0.4, -0.2) is 50.0 Å². The molecule has 1 aliphatic rings. The molecule has 33 heavy (non-hydrogen) atoms. The number of methoxy groups -OCH3 is 1. The Balaban J connectivity index is 1.73. The zero-order chi connectivity index (χ0) is 23.1. The fourth-order valence-electron chi connectivity index (χ4n) is 4.69. The molecule has 0 spiro atoms. The summed E-state index contributed by atoms with van der Waals surface area (Å²) in [7, 11) is 5.61. The van der Waals surface area contributed by atoms with Gasteiger partial charge < -0.3 is 19.0 Å². The van der Waals surface area contributed by atoms with Crippen LogP contribution < -0.4 is 10.2 Å². The molecule has 1 aliphatic heterocycles. The van der Waals surface area contributed by atoms with Gasteiger partial charge in [-0.3, -0.25) is 9.59 Å². The molecular formula is C27H26N2O4. The highest BCUT2D eigenvalue weighted by atomic mass is 16.5. The summed E-state index contributed by atoms with van der Waals surface area (Å²) in [5, 5.41) is 2.28. The lowest BCUT2D eigenvalue weighted by molar-refractivity contribution is 0.0722. The van der Waals surface area contributed by atoms with Crippen molar-refractivity contribution >= 4 is 27.6 Å². The molecule has 0 fully saturated rings. The number of amides is 1. The minimum atomic E-state index is -0.517. The molecule has 0 bridgehead atoms. The Hall–Kier alpha value is -3.64. The summed E-state index contributed by atoms with van der Waals surface area (Å²) in [6, 6.07) is 18.5. The Morgan fingerprint density at radius 3 is 2.61 bits per heavy atom. The second-order valence-electron chi connectivity index (χ2n) is 8.67. The number of ether oxygens (including phenoxy) is 1. The monoisotopic (exact) mass is 442 g/mol. The molecule has 3 aromatic carbocycles. The first-order valence-electron chi connectivity index (χ1n) is 11.1. The molecule has 0 unspecified atom stereocenters. The molecule has 168 valence electrons. The van der Waals surface area contributed by atoms with Gasteiger partial charge in [-0.25, -0.2) is 0 Å². The van der Waals surface area contributed by atoms with Crippen LogP contribution in [-0.2, 0) is 0 Å². The summed E-state index contributed by atoms with van der Waals surface area (Å²) < 4.78 is 11.7. The highest BCUT2D eigenvalue weighted by Gasteiger charge is 2.42. The van der Waals surface area contributed by atoms with E-state index >= 15 is 0 Å². The topological polar surface area (TPSA) is 63.0 Å². The first kappa shape index (κ1) is 21.2. The van der Waals surface area contributed by atoms with Crippen LogP contribution in [0.25, 0.3) is 21.7 Å². The molecule has 6 nitrogen and oxygen atoms in total. The van der Waals surface area contributed by atoms with Gasteiger partial charge in [0.05, 0.1) is 24.1 Å². The number of benzene rings is 3. The van der Waals surface area contributed by atoms with Gasteiger partial charge in [-0.05, 0) is 56.2 Å². The molecule has 4 aromatic rings. The van der Waals surface area contributed by atoms with Crippen molar-refractivity contribution in [1.29, 1.82) is 0 Å². The molecule has 0 saturated carbocycles. The van der Waals surface area contributed by atoms with E-state index in [0.29, 0.717) is 28.8 Å². The van der Waals surface area contributed by atoms with E-state index in [2.05, 4.69) is 4.90 Å². The zero-order valence-corrected chi connectivity index (χ0v) is 19.0. The lowest BCUT2D eigenvalue weighted by Gasteiger charge is -2.26. The van der Waals surface area contributed by atoms with E-state index in [0.717, 1.165) is 29.3 Å². The number of nitrogens with zero attached hydrogens (tertiary/aromatic N) is 2. The Bertz CT molecular complexity index is 1420. The molecule has 2 heterocycles. The SMILES string of the molecule is COc1cccc([C@@H]2c3c(oc4c(ccc5ccccc54)c3=O)C(=O)N2CCCN(C)C)c1. The normalized spacial score (nSPS) is 15.6. The van der Waals surface area contributed by atoms with Gasteiger partial charge >= 0.3 is 0 Å². The van der Waals surface area contributed by atoms with Gasteiger partial charge in [0.1, 0.15) is 11.3 Å². The van der Waals surface area contributed by atoms with E-state index in [1.165, 1.54) is 0 Å². The van der Waals surface area contributed by atoms with Gasteiger partial charge in [-0.2, -0.15) is 0 Å². The highest BCUT2D eigenvalue weighted by Crippen LogP contribution is 2.40. The van der Waals surface area contributed by atoms with Crippen molar-refractivity contribution in [3.8, 4) is 5.75 Å². The van der Waals surface area contributed by atoms with Crippen LogP contribution in [0.2, 0.25) is 0 Å². The van der Waals surface area contributed by atoms with Crippen LogP contribution in [0.15, 0.2) is 69.9 Å². The maximum absolute atomic E-state index is 13.8. The fraction of sp³-hybridized carbons (Fsp3) is 0.259. The molecule has 0 radical (unpaired) electrons. The number of carbonyl (C=O) groups is 1. The second-order valence-corrected chi connectivity index (χ2v) is 8.67. The average molecular weight is 443 g/mol. The minimum absolute atomic E-state index is 0.140. The predicted molar refractivity (Wildman–Crippen MR) is 129 cm³/mol. The Kier molecular flexibility index (Phi) is 5.38. The van der Waals surface area contributed by atoms with Gasteiger partial charge in [-0.1, -0.05) is 42.5 Å². The van der Waals surface area contributed by atoms with Gasteiger partial charge in [0.15, 0.2) is 5.43 Å².